The number of halogens is 1. The summed E-state index contributed by atoms with van der Waals surface area (Å²) in [7, 11) is 0. The molecule has 0 bridgehead atoms. The highest BCUT2D eigenvalue weighted by Gasteiger charge is 2.03. The molecular formula is C9H11ClN2S. The standard InChI is InChI=1S/C9H11ClN2S/c1-7(10)2-3-8-6-12-4-5-13-9(12)11-8/h4-7H,2-3H2,1H3. The van der Waals surface area contributed by atoms with Crippen LogP contribution in [-0.2, 0) is 6.42 Å². The lowest BCUT2D eigenvalue weighted by atomic mass is 10.2. The van der Waals surface area contributed by atoms with Crippen LogP contribution in [-0.4, -0.2) is 14.8 Å². The number of aryl methyl sites for hydroxylation is 1. The lowest BCUT2D eigenvalue weighted by Gasteiger charge is -1.97. The molecule has 70 valence electrons. The second-order valence-electron chi connectivity index (χ2n) is 3.14. The second kappa shape index (κ2) is 3.68. The molecule has 0 saturated heterocycles. The fourth-order valence-corrected chi connectivity index (χ4v) is 2.07. The molecule has 0 radical (unpaired) electrons. The molecule has 0 aliphatic carbocycles. The van der Waals surface area contributed by atoms with Crippen LogP contribution in [0.3, 0.4) is 0 Å². The third-order valence-electron chi connectivity index (χ3n) is 1.94. The van der Waals surface area contributed by atoms with E-state index in [0.29, 0.717) is 0 Å². The minimum absolute atomic E-state index is 0.236. The van der Waals surface area contributed by atoms with Gasteiger partial charge in [0.2, 0.25) is 0 Å². The Kier molecular flexibility index (Phi) is 2.56. The SMILES string of the molecule is CC(Cl)CCc1cn2ccsc2n1. The van der Waals surface area contributed by atoms with E-state index in [2.05, 4.69) is 15.6 Å². The van der Waals surface area contributed by atoms with Crippen molar-refractivity contribution in [3.05, 3.63) is 23.5 Å². The summed E-state index contributed by atoms with van der Waals surface area (Å²) in [6.07, 6.45) is 6.07. The summed E-state index contributed by atoms with van der Waals surface area (Å²) in [4.78, 5) is 5.53. The monoisotopic (exact) mass is 214 g/mol. The number of thiazole rings is 1. The number of aromatic nitrogens is 2. The molecule has 0 fully saturated rings. The van der Waals surface area contributed by atoms with Crippen molar-refractivity contribution in [1.29, 1.82) is 0 Å². The minimum Gasteiger partial charge on any atom is -0.297 e. The zero-order valence-electron chi connectivity index (χ0n) is 7.40. The highest BCUT2D eigenvalue weighted by molar-refractivity contribution is 7.15. The minimum atomic E-state index is 0.236. The van der Waals surface area contributed by atoms with Crippen molar-refractivity contribution < 1.29 is 0 Å². The number of fused-ring (bicyclic) bond motifs is 1. The Balaban J connectivity index is 2.11. The first-order valence-electron chi connectivity index (χ1n) is 4.31. The lowest BCUT2D eigenvalue weighted by molar-refractivity contribution is 0.789. The van der Waals surface area contributed by atoms with Gasteiger partial charge in [0.1, 0.15) is 0 Å². The number of alkyl halides is 1. The van der Waals surface area contributed by atoms with Gasteiger partial charge in [-0.05, 0) is 19.8 Å². The molecular weight excluding hydrogens is 204 g/mol. The maximum absolute atomic E-state index is 5.87. The smallest absolute Gasteiger partial charge is 0.193 e. The molecule has 4 heteroatoms. The third kappa shape index (κ3) is 2.03. The Morgan fingerprint density at radius 1 is 1.69 bits per heavy atom. The van der Waals surface area contributed by atoms with E-state index >= 15 is 0 Å². The van der Waals surface area contributed by atoms with Crippen molar-refractivity contribution in [2.24, 2.45) is 0 Å². The molecule has 2 rings (SSSR count). The first-order chi connectivity index (χ1) is 6.25. The molecule has 0 amide bonds. The summed E-state index contributed by atoms with van der Waals surface area (Å²) < 4.78 is 2.05. The summed E-state index contributed by atoms with van der Waals surface area (Å²) in [6, 6.07) is 0. The van der Waals surface area contributed by atoms with Crippen LogP contribution in [0.4, 0.5) is 0 Å². The third-order valence-corrected chi connectivity index (χ3v) is 2.93. The molecule has 0 N–H and O–H groups in total. The molecule has 0 aliphatic rings. The summed E-state index contributed by atoms with van der Waals surface area (Å²) in [5.74, 6) is 0. The largest absolute Gasteiger partial charge is 0.297 e. The molecule has 2 heterocycles. The van der Waals surface area contributed by atoms with Crippen LogP contribution >= 0.6 is 22.9 Å². The van der Waals surface area contributed by atoms with Crippen LogP contribution in [0.15, 0.2) is 17.8 Å². The molecule has 2 nitrogen and oxygen atoms in total. The van der Waals surface area contributed by atoms with Crippen molar-refractivity contribution >= 4 is 27.9 Å². The molecule has 2 aromatic rings. The first kappa shape index (κ1) is 9.03. The van der Waals surface area contributed by atoms with E-state index in [1.165, 1.54) is 0 Å². The van der Waals surface area contributed by atoms with E-state index in [-0.39, 0.29) is 5.38 Å². The van der Waals surface area contributed by atoms with E-state index < -0.39 is 0 Å². The second-order valence-corrected chi connectivity index (χ2v) is 4.76. The van der Waals surface area contributed by atoms with Gasteiger partial charge in [-0.1, -0.05) is 0 Å². The maximum atomic E-state index is 5.87. The van der Waals surface area contributed by atoms with Gasteiger partial charge in [0.05, 0.1) is 5.69 Å². The van der Waals surface area contributed by atoms with Gasteiger partial charge in [-0.15, -0.1) is 22.9 Å². The number of nitrogens with zero attached hydrogens (tertiary/aromatic N) is 2. The van der Waals surface area contributed by atoms with E-state index in [1.807, 2.05) is 18.5 Å². The number of rotatable bonds is 3. The van der Waals surface area contributed by atoms with Crippen LogP contribution in [0.25, 0.3) is 4.96 Å². The zero-order chi connectivity index (χ0) is 9.26. The summed E-state index contributed by atoms with van der Waals surface area (Å²) >= 11 is 7.53. The highest BCUT2D eigenvalue weighted by Crippen LogP contribution is 2.13. The topological polar surface area (TPSA) is 17.3 Å². The van der Waals surface area contributed by atoms with Crippen LogP contribution in [0.2, 0.25) is 0 Å². The number of hydrogen-bond donors (Lipinski definition) is 0. The first-order valence-corrected chi connectivity index (χ1v) is 5.62. The zero-order valence-corrected chi connectivity index (χ0v) is 8.98. The molecule has 0 saturated carbocycles. The van der Waals surface area contributed by atoms with E-state index in [1.54, 1.807) is 11.3 Å². The summed E-state index contributed by atoms with van der Waals surface area (Å²) in [6.45, 7) is 2.01. The van der Waals surface area contributed by atoms with Gasteiger partial charge in [-0.3, -0.25) is 4.40 Å². The molecule has 13 heavy (non-hydrogen) atoms. The fourth-order valence-electron chi connectivity index (χ4n) is 1.24. The van der Waals surface area contributed by atoms with Gasteiger partial charge >= 0.3 is 0 Å². The van der Waals surface area contributed by atoms with Crippen molar-refractivity contribution in [3.63, 3.8) is 0 Å². The molecule has 0 aliphatic heterocycles. The summed E-state index contributed by atoms with van der Waals surface area (Å²) in [5.41, 5.74) is 1.14. The number of imidazole rings is 1. The fraction of sp³-hybridized carbons (Fsp3) is 0.444. The highest BCUT2D eigenvalue weighted by atomic mass is 35.5. The number of hydrogen-bond acceptors (Lipinski definition) is 2. The van der Waals surface area contributed by atoms with Crippen LogP contribution in [0.1, 0.15) is 19.0 Å². The van der Waals surface area contributed by atoms with Crippen LogP contribution in [0, 0.1) is 0 Å². The average molecular weight is 215 g/mol. The van der Waals surface area contributed by atoms with E-state index in [0.717, 1.165) is 23.5 Å². The van der Waals surface area contributed by atoms with Gasteiger partial charge in [0.15, 0.2) is 4.96 Å². The Morgan fingerprint density at radius 2 is 2.54 bits per heavy atom. The molecule has 0 spiro atoms. The Morgan fingerprint density at radius 3 is 3.23 bits per heavy atom. The van der Waals surface area contributed by atoms with Gasteiger partial charge < -0.3 is 0 Å². The summed E-state index contributed by atoms with van der Waals surface area (Å²) in [5, 5.41) is 2.27. The predicted molar refractivity (Wildman–Crippen MR) is 56.7 cm³/mol. The molecule has 1 unspecified atom stereocenters. The van der Waals surface area contributed by atoms with Crippen molar-refractivity contribution in [1.82, 2.24) is 9.38 Å². The van der Waals surface area contributed by atoms with Crippen LogP contribution in [0.5, 0.6) is 0 Å². The van der Waals surface area contributed by atoms with E-state index in [9.17, 15) is 0 Å². The van der Waals surface area contributed by atoms with Crippen molar-refractivity contribution in [2.75, 3.05) is 0 Å². The molecule has 2 aromatic heterocycles. The van der Waals surface area contributed by atoms with E-state index in [4.69, 9.17) is 11.6 Å². The average Bonchev–Trinajstić information content (AvgIpc) is 2.58. The molecule has 1 atom stereocenters. The van der Waals surface area contributed by atoms with Gasteiger partial charge in [-0.25, -0.2) is 4.98 Å². The van der Waals surface area contributed by atoms with Crippen LogP contribution < -0.4 is 0 Å². The Hall–Kier alpha value is -0.540. The lowest BCUT2D eigenvalue weighted by Crippen LogP contribution is -1.94. The van der Waals surface area contributed by atoms with Crippen molar-refractivity contribution in [3.8, 4) is 0 Å². The Labute approximate surface area is 86.2 Å². The predicted octanol–water partition coefficient (Wildman–Crippen LogP) is 2.96. The van der Waals surface area contributed by atoms with Crippen molar-refractivity contribution in [2.45, 2.75) is 25.1 Å². The quantitative estimate of drug-likeness (QED) is 0.719. The van der Waals surface area contributed by atoms with Gasteiger partial charge in [0, 0.05) is 23.2 Å². The van der Waals surface area contributed by atoms with Gasteiger partial charge in [0.25, 0.3) is 0 Å². The van der Waals surface area contributed by atoms with Gasteiger partial charge in [-0.2, -0.15) is 0 Å². The maximum Gasteiger partial charge on any atom is 0.193 e. The molecule has 0 aromatic carbocycles. The normalized spacial score (nSPS) is 13.7. The Bertz CT molecular complexity index is 362.